The monoisotopic (exact) mass is 165 g/mol. The van der Waals surface area contributed by atoms with Gasteiger partial charge < -0.3 is 14.6 Å². The number of hydrogen-bond donors (Lipinski definition) is 0. The number of carbonyl (C=O) groups excluding carboxylic acids is 1. The number of hydrogen-bond acceptors (Lipinski definition) is 3. The second-order valence-corrected chi connectivity index (χ2v) is 2.15. The lowest BCUT2D eigenvalue weighted by molar-refractivity contribution is -0.316. The first-order valence-electron chi connectivity index (χ1n) is 3.10. The second kappa shape index (κ2) is 5.50. The molecule has 0 aromatic carbocycles. The molecule has 0 aliphatic rings. The Kier molecular flexibility index (Phi) is 5.35. The van der Waals surface area contributed by atoms with Gasteiger partial charge in [0.25, 0.3) is 0 Å². The lowest BCUT2D eigenvalue weighted by Crippen LogP contribution is -2.37. The summed E-state index contributed by atoms with van der Waals surface area (Å²) in [6.45, 7) is 1.97. The number of aliphatic carboxylic acids is 1. The molecule has 0 N–H and O–H groups in total. The Bertz CT molecular complexity index is 105. The maximum absolute atomic E-state index is 10.2. The number of carboxylic acid groups (broad SMARTS) is 1. The van der Waals surface area contributed by atoms with E-state index < -0.39 is 12.1 Å². The molecule has 0 radical (unpaired) electrons. The van der Waals surface area contributed by atoms with Crippen LogP contribution in [0.15, 0.2) is 0 Å². The Morgan fingerprint density at radius 2 is 2.40 bits per heavy atom. The molecule has 0 bridgehead atoms. The molecule has 0 saturated heterocycles. The van der Waals surface area contributed by atoms with E-state index in [1.54, 1.807) is 6.92 Å². The molecule has 0 aliphatic carbocycles. The number of carboxylic acids is 1. The van der Waals surface area contributed by atoms with Gasteiger partial charge in [-0.05, 0) is 6.42 Å². The van der Waals surface area contributed by atoms with Gasteiger partial charge in [0.05, 0.1) is 18.7 Å². The summed E-state index contributed by atoms with van der Waals surface area (Å²) in [7, 11) is 0. The fourth-order valence-corrected chi connectivity index (χ4v) is 0.628. The van der Waals surface area contributed by atoms with Crippen LogP contribution in [0.2, 0.25) is 0 Å². The van der Waals surface area contributed by atoms with Crippen molar-refractivity contribution in [2.24, 2.45) is 0 Å². The van der Waals surface area contributed by atoms with Gasteiger partial charge in [-0.3, -0.25) is 0 Å². The molecule has 1 atom stereocenters. The molecular formula is C6H10ClO3-. The van der Waals surface area contributed by atoms with Crippen LogP contribution in [-0.2, 0) is 9.53 Å². The topological polar surface area (TPSA) is 49.4 Å². The highest BCUT2D eigenvalue weighted by atomic mass is 35.5. The van der Waals surface area contributed by atoms with Crippen LogP contribution < -0.4 is 5.11 Å². The number of alkyl halides is 1. The first-order chi connectivity index (χ1) is 4.72. The van der Waals surface area contributed by atoms with Gasteiger partial charge in [-0.15, -0.1) is 11.6 Å². The fraction of sp³-hybridized carbons (Fsp3) is 0.833. The largest absolute Gasteiger partial charge is 0.547 e. The van der Waals surface area contributed by atoms with Crippen molar-refractivity contribution in [3.8, 4) is 0 Å². The average molecular weight is 166 g/mol. The van der Waals surface area contributed by atoms with Crippen LogP contribution in [0.1, 0.15) is 13.3 Å². The number of halogens is 1. The molecule has 4 heteroatoms. The predicted octanol–water partition coefficient (Wildman–Crippen LogP) is -0.230. The van der Waals surface area contributed by atoms with Crippen LogP contribution in [-0.4, -0.2) is 24.6 Å². The normalized spacial score (nSPS) is 13.0. The lowest BCUT2D eigenvalue weighted by Gasteiger charge is -2.15. The quantitative estimate of drug-likeness (QED) is 0.529. The minimum absolute atomic E-state index is 0.258. The van der Waals surface area contributed by atoms with Crippen LogP contribution >= 0.6 is 11.6 Å². The molecule has 0 aromatic rings. The molecule has 10 heavy (non-hydrogen) atoms. The summed E-state index contributed by atoms with van der Waals surface area (Å²) in [4.78, 5) is 10.2. The molecule has 0 saturated carbocycles. The maximum Gasteiger partial charge on any atom is 0.0966 e. The zero-order chi connectivity index (χ0) is 7.98. The van der Waals surface area contributed by atoms with Gasteiger partial charge in [-0.25, -0.2) is 0 Å². The highest BCUT2D eigenvalue weighted by Gasteiger charge is 2.05. The molecule has 1 unspecified atom stereocenters. The summed E-state index contributed by atoms with van der Waals surface area (Å²) >= 11 is 5.27. The minimum Gasteiger partial charge on any atom is -0.547 e. The van der Waals surface area contributed by atoms with E-state index in [2.05, 4.69) is 0 Å². The standard InChI is InChI=1S/C6H11ClO3/c1-2-5(6(8)9)10-4-3-7/h5H,2-4H2,1H3,(H,8,9)/p-1. The predicted molar refractivity (Wildman–Crippen MR) is 35.8 cm³/mol. The molecule has 0 spiro atoms. The van der Waals surface area contributed by atoms with Crippen molar-refractivity contribution in [1.82, 2.24) is 0 Å². The highest BCUT2D eigenvalue weighted by molar-refractivity contribution is 6.17. The zero-order valence-corrected chi connectivity index (χ0v) is 6.56. The molecule has 0 amide bonds. The number of ether oxygens (including phenoxy) is 1. The Morgan fingerprint density at radius 3 is 2.70 bits per heavy atom. The third-order valence-corrected chi connectivity index (χ3v) is 1.18. The summed E-state index contributed by atoms with van der Waals surface area (Å²) in [5, 5.41) is 10.2. The molecular weight excluding hydrogens is 156 g/mol. The highest BCUT2D eigenvalue weighted by Crippen LogP contribution is 1.95. The Labute approximate surface area is 64.9 Å². The van der Waals surface area contributed by atoms with E-state index >= 15 is 0 Å². The summed E-state index contributed by atoms with van der Waals surface area (Å²) in [5.41, 5.74) is 0. The lowest BCUT2D eigenvalue weighted by atomic mass is 10.3. The molecule has 60 valence electrons. The van der Waals surface area contributed by atoms with Gasteiger partial charge in [0.2, 0.25) is 0 Å². The molecule has 0 rings (SSSR count). The van der Waals surface area contributed by atoms with E-state index in [0.29, 0.717) is 12.3 Å². The average Bonchev–Trinajstić information content (AvgIpc) is 1.89. The van der Waals surface area contributed by atoms with Crippen molar-refractivity contribution >= 4 is 17.6 Å². The van der Waals surface area contributed by atoms with E-state index in [0.717, 1.165) is 0 Å². The third-order valence-electron chi connectivity index (χ3n) is 1.03. The van der Waals surface area contributed by atoms with E-state index in [4.69, 9.17) is 16.3 Å². The van der Waals surface area contributed by atoms with Crippen molar-refractivity contribution in [3.05, 3.63) is 0 Å². The van der Waals surface area contributed by atoms with Gasteiger partial charge in [-0.2, -0.15) is 0 Å². The van der Waals surface area contributed by atoms with E-state index in [9.17, 15) is 9.90 Å². The molecule has 0 aromatic heterocycles. The fourth-order valence-electron chi connectivity index (χ4n) is 0.539. The van der Waals surface area contributed by atoms with Crippen molar-refractivity contribution in [1.29, 1.82) is 0 Å². The van der Waals surface area contributed by atoms with Gasteiger partial charge in [0.1, 0.15) is 0 Å². The van der Waals surface area contributed by atoms with Crippen molar-refractivity contribution < 1.29 is 14.6 Å². The van der Waals surface area contributed by atoms with Crippen molar-refractivity contribution in [2.45, 2.75) is 19.4 Å². The first kappa shape index (κ1) is 9.72. The van der Waals surface area contributed by atoms with Crippen LogP contribution in [0.4, 0.5) is 0 Å². The third kappa shape index (κ3) is 3.69. The van der Waals surface area contributed by atoms with Crippen LogP contribution in [0.3, 0.4) is 0 Å². The Morgan fingerprint density at radius 1 is 1.80 bits per heavy atom. The summed E-state index contributed by atoms with van der Waals surface area (Å²) < 4.78 is 4.81. The molecule has 0 heterocycles. The van der Waals surface area contributed by atoms with Crippen molar-refractivity contribution in [2.75, 3.05) is 12.5 Å². The summed E-state index contributed by atoms with van der Waals surface area (Å²) in [6, 6.07) is 0. The second-order valence-electron chi connectivity index (χ2n) is 1.78. The van der Waals surface area contributed by atoms with Crippen molar-refractivity contribution in [3.63, 3.8) is 0 Å². The van der Waals surface area contributed by atoms with E-state index in [-0.39, 0.29) is 6.61 Å². The molecule has 3 nitrogen and oxygen atoms in total. The molecule has 0 fully saturated rings. The van der Waals surface area contributed by atoms with Crippen LogP contribution in [0.5, 0.6) is 0 Å². The molecule has 0 aliphatic heterocycles. The Balaban J connectivity index is 3.50. The van der Waals surface area contributed by atoms with E-state index in [1.807, 2.05) is 0 Å². The Hall–Kier alpha value is -0.280. The smallest absolute Gasteiger partial charge is 0.0966 e. The maximum atomic E-state index is 10.2. The summed E-state index contributed by atoms with van der Waals surface area (Å²) in [6.07, 6.45) is -0.391. The van der Waals surface area contributed by atoms with Crippen LogP contribution in [0.25, 0.3) is 0 Å². The first-order valence-corrected chi connectivity index (χ1v) is 3.64. The van der Waals surface area contributed by atoms with Gasteiger partial charge in [-0.1, -0.05) is 6.92 Å². The number of carbonyl (C=O) groups is 1. The number of rotatable bonds is 5. The van der Waals surface area contributed by atoms with Crippen LogP contribution in [0, 0.1) is 0 Å². The summed E-state index contributed by atoms with van der Waals surface area (Å²) in [5.74, 6) is -0.864. The SMILES string of the molecule is CCC(OCCCl)C(=O)[O-]. The van der Waals surface area contributed by atoms with Gasteiger partial charge in [0, 0.05) is 5.88 Å². The minimum atomic E-state index is -1.17. The van der Waals surface area contributed by atoms with Gasteiger partial charge >= 0.3 is 0 Å². The van der Waals surface area contributed by atoms with Gasteiger partial charge in [0.15, 0.2) is 0 Å². The zero-order valence-electron chi connectivity index (χ0n) is 5.80. The van der Waals surface area contributed by atoms with E-state index in [1.165, 1.54) is 0 Å².